The fourth-order valence-electron chi connectivity index (χ4n) is 2.48. The van der Waals surface area contributed by atoms with Gasteiger partial charge in [0.2, 0.25) is 0 Å². The molecule has 0 aromatic carbocycles. The standard InChI is InChI=1S/C12H14N6S/c1-14-12(5-13)3-2-8(4-12)19-11-9-10(16-6-15-9)17-7-18-11/h6-8,14H,2-4H2,1H3,(H,15,16,17,18). The summed E-state index contributed by atoms with van der Waals surface area (Å²) < 4.78 is 0. The second kappa shape index (κ2) is 4.79. The molecule has 0 saturated heterocycles. The van der Waals surface area contributed by atoms with Crippen molar-refractivity contribution in [3.63, 3.8) is 0 Å². The van der Waals surface area contributed by atoms with Gasteiger partial charge in [0.05, 0.1) is 12.4 Å². The first-order valence-electron chi connectivity index (χ1n) is 6.17. The second-order valence-corrected chi connectivity index (χ2v) is 6.00. The van der Waals surface area contributed by atoms with Crippen molar-refractivity contribution in [2.75, 3.05) is 7.05 Å². The molecule has 0 aliphatic heterocycles. The zero-order chi connectivity index (χ0) is 13.3. The van der Waals surface area contributed by atoms with Gasteiger partial charge in [0.15, 0.2) is 5.65 Å². The number of hydrogen-bond donors (Lipinski definition) is 2. The van der Waals surface area contributed by atoms with Crippen LogP contribution < -0.4 is 5.32 Å². The van der Waals surface area contributed by atoms with E-state index in [-0.39, 0.29) is 5.54 Å². The molecule has 0 spiro atoms. The van der Waals surface area contributed by atoms with Crippen molar-refractivity contribution in [1.82, 2.24) is 25.3 Å². The van der Waals surface area contributed by atoms with Crippen LogP contribution in [0, 0.1) is 11.3 Å². The molecule has 1 aliphatic carbocycles. The molecule has 2 N–H and O–H groups in total. The van der Waals surface area contributed by atoms with Crippen molar-refractivity contribution in [2.24, 2.45) is 0 Å². The van der Waals surface area contributed by atoms with Gasteiger partial charge in [0.1, 0.15) is 22.4 Å². The van der Waals surface area contributed by atoms with Gasteiger partial charge in [0.25, 0.3) is 0 Å². The molecule has 19 heavy (non-hydrogen) atoms. The molecule has 0 amide bonds. The van der Waals surface area contributed by atoms with Crippen LogP contribution in [0.1, 0.15) is 19.3 Å². The predicted octanol–water partition coefficient (Wildman–Crippen LogP) is 1.48. The highest BCUT2D eigenvalue weighted by atomic mass is 32.2. The van der Waals surface area contributed by atoms with Gasteiger partial charge in [0, 0.05) is 5.25 Å². The van der Waals surface area contributed by atoms with Crippen LogP contribution in [0.15, 0.2) is 17.7 Å². The molecule has 98 valence electrons. The van der Waals surface area contributed by atoms with Crippen LogP contribution in [0.2, 0.25) is 0 Å². The monoisotopic (exact) mass is 274 g/mol. The predicted molar refractivity (Wildman–Crippen MR) is 72.6 cm³/mol. The first kappa shape index (κ1) is 12.4. The normalized spacial score (nSPS) is 26.6. The minimum absolute atomic E-state index is 0.377. The van der Waals surface area contributed by atoms with E-state index in [2.05, 4.69) is 31.3 Å². The number of fused-ring (bicyclic) bond motifs is 1. The number of thioether (sulfide) groups is 1. The average molecular weight is 274 g/mol. The largest absolute Gasteiger partial charge is 0.341 e. The fraction of sp³-hybridized carbons (Fsp3) is 0.500. The van der Waals surface area contributed by atoms with Crippen molar-refractivity contribution in [3.05, 3.63) is 12.7 Å². The summed E-state index contributed by atoms with van der Waals surface area (Å²) in [5.41, 5.74) is 1.19. The number of rotatable bonds is 3. The Kier molecular flexibility index (Phi) is 3.12. The van der Waals surface area contributed by atoms with E-state index in [1.54, 1.807) is 18.1 Å². The topological polar surface area (TPSA) is 90.3 Å². The van der Waals surface area contributed by atoms with E-state index in [0.29, 0.717) is 10.9 Å². The lowest BCUT2D eigenvalue weighted by Gasteiger charge is -2.19. The van der Waals surface area contributed by atoms with E-state index in [1.807, 2.05) is 7.05 Å². The summed E-state index contributed by atoms with van der Waals surface area (Å²) in [6, 6.07) is 2.40. The Balaban J connectivity index is 1.80. The van der Waals surface area contributed by atoms with E-state index in [1.165, 1.54) is 6.33 Å². The molecule has 1 aliphatic rings. The summed E-state index contributed by atoms with van der Waals surface area (Å²) in [5, 5.41) is 13.7. The molecule has 3 rings (SSSR count). The maximum Gasteiger partial charge on any atom is 0.181 e. The summed E-state index contributed by atoms with van der Waals surface area (Å²) in [5.74, 6) is 0. The molecule has 0 bridgehead atoms. The molecule has 2 atom stereocenters. The minimum atomic E-state index is -0.377. The number of nitrogens with zero attached hydrogens (tertiary/aromatic N) is 4. The summed E-state index contributed by atoms with van der Waals surface area (Å²) in [6.45, 7) is 0. The Morgan fingerprint density at radius 2 is 2.42 bits per heavy atom. The van der Waals surface area contributed by atoms with Crippen LogP contribution in [-0.4, -0.2) is 37.8 Å². The molecule has 0 radical (unpaired) electrons. The molecular formula is C12H14N6S. The maximum absolute atomic E-state index is 9.28. The summed E-state index contributed by atoms with van der Waals surface area (Å²) in [4.78, 5) is 15.6. The van der Waals surface area contributed by atoms with Gasteiger partial charge >= 0.3 is 0 Å². The molecular weight excluding hydrogens is 260 g/mol. The number of aromatic amines is 1. The SMILES string of the molecule is CNC1(C#N)CCC(Sc2ncnc3nc[nH]c23)C1. The van der Waals surface area contributed by atoms with Gasteiger partial charge in [-0.1, -0.05) is 0 Å². The third-order valence-electron chi connectivity index (χ3n) is 3.63. The van der Waals surface area contributed by atoms with Crippen molar-refractivity contribution in [1.29, 1.82) is 5.26 Å². The number of H-pyrrole nitrogens is 1. The summed E-state index contributed by atoms with van der Waals surface area (Å²) >= 11 is 1.70. The van der Waals surface area contributed by atoms with Crippen molar-refractivity contribution >= 4 is 22.9 Å². The molecule has 2 aromatic rings. The smallest absolute Gasteiger partial charge is 0.181 e. The number of nitriles is 1. The number of nitrogens with one attached hydrogen (secondary N) is 2. The van der Waals surface area contributed by atoms with Gasteiger partial charge in [-0.3, -0.25) is 0 Å². The van der Waals surface area contributed by atoms with Crippen LogP contribution in [0.5, 0.6) is 0 Å². The third-order valence-corrected chi connectivity index (χ3v) is 4.90. The van der Waals surface area contributed by atoms with Crippen LogP contribution in [-0.2, 0) is 0 Å². The van der Waals surface area contributed by atoms with Gasteiger partial charge in [-0.05, 0) is 26.3 Å². The summed E-state index contributed by atoms with van der Waals surface area (Å²) in [7, 11) is 1.86. The molecule has 2 unspecified atom stereocenters. The maximum atomic E-state index is 9.28. The Morgan fingerprint density at radius 1 is 1.53 bits per heavy atom. The molecule has 1 saturated carbocycles. The van der Waals surface area contributed by atoms with Gasteiger partial charge in [-0.2, -0.15) is 5.26 Å². The lowest BCUT2D eigenvalue weighted by atomic mass is 10.0. The number of imidazole rings is 1. The highest BCUT2D eigenvalue weighted by molar-refractivity contribution is 8.00. The minimum Gasteiger partial charge on any atom is -0.341 e. The van der Waals surface area contributed by atoms with E-state index in [9.17, 15) is 5.26 Å². The van der Waals surface area contributed by atoms with E-state index in [0.717, 1.165) is 29.8 Å². The van der Waals surface area contributed by atoms with Crippen molar-refractivity contribution in [2.45, 2.75) is 35.1 Å². The highest BCUT2D eigenvalue weighted by Gasteiger charge is 2.38. The van der Waals surface area contributed by atoms with Crippen LogP contribution >= 0.6 is 11.8 Å². The zero-order valence-corrected chi connectivity index (χ0v) is 11.4. The Bertz CT molecular complexity index is 632. The molecule has 2 heterocycles. The van der Waals surface area contributed by atoms with Crippen LogP contribution in [0.3, 0.4) is 0 Å². The zero-order valence-electron chi connectivity index (χ0n) is 10.6. The number of hydrogen-bond acceptors (Lipinski definition) is 6. The molecule has 2 aromatic heterocycles. The van der Waals surface area contributed by atoms with Crippen molar-refractivity contribution in [3.8, 4) is 6.07 Å². The van der Waals surface area contributed by atoms with Crippen LogP contribution in [0.25, 0.3) is 11.2 Å². The van der Waals surface area contributed by atoms with E-state index in [4.69, 9.17) is 0 Å². The molecule has 7 heteroatoms. The Morgan fingerprint density at radius 3 is 3.16 bits per heavy atom. The number of aromatic nitrogens is 4. The Labute approximate surface area is 115 Å². The van der Waals surface area contributed by atoms with Gasteiger partial charge in [-0.15, -0.1) is 11.8 Å². The third kappa shape index (κ3) is 2.17. The lowest BCUT2D eigenvalue weighted by Crippen LogP contribution is -2.38. The summed E-state index contributed by atoms with van der Waals surface area (Å²) in [6.07, 6.45) is 5.90. The van der Waals surface area contributed by atoms with Crippen molar-refractivity contribution < 1.29 is 0 Å². The molecule has 1 fully saturated rings. The fourth-order valence-corrected chi connectivity index (χ4v) is 3.77. The Hall–Kier alpha value is -1.65. The highest BCUT2D eigenvalue weighted by Crippen LogP contribution is 2.40. The van der Waals surface area contributed by atoms with Gasteiger partial charge < -0.3 is 10.3 Å². The van der Waals surface area contributed by atoms with E-state index < -0.39 is 0 Å². The molecule has 6 nitrogen and oxygen atoms in total. The first-order valence-corrected chi connectivity index (χ1v) is 7.05. The lowest BCUT2D eigenvalue weighted by molar-refractivity contribution is 0.464. The van der Waals surface area contributed by atoms with E-state index >= 15 is 0 Å². The average Bonchev–Trinajstić information content (AvgIpc) is 3.06. The van der Waals surface area contributed by atoms with Crippen LogP contribution in [0.4, 0.5) is 0 Å². The quantitative estimate of drug-likeness (QED) is 0.824. The first-order chi connectivity index (χ1) is 9.26. The van der Waals surface area contributed by atoms with Gasteiger partial charge in [-0.25, -0.2) is 15.0 Å². The second-order valence-electron chi connectivity index (χ2n) is 4.71.